The van der Waals surface area contributed by atoms with Gasteiger partial charge >= 0.3 is 6.09 Å². The van der Waals surface area contributed by atoms with Crippen LogP contribution in [0.5, 0.6) is 0 Å². The summed E-state index contributed by atoms with van der Waals surface area (Å²) >= 11 is 0. The predicted molar refractivity (Wildman–Crippen MR) is 132 cm³/mol. The van der Waals surface area contributed by atoms with Crippen molar-refractivity contribution in [2.75, 3.05) is 20.6 Å². The fraction of sp³-hybridized carbons (Fsp3) is 0.897. The lowest BCUT2D eigenvalue weighted by Gasteiger charge is -2.58. The smallest absolute Gasteiger partial charge is 0.410 e. The van der Waals surface area contributed by atoms with Gasteiger partial charge in [0.25, 0.3) is 0 Å². The Balaban J connectivity index is 1.17. The highest BCUT2D eigenvalue weighted by molar-refractivity contribution is 5.68. The molecule has 6 rings (SSSR count). The highest BCUT2D eigenvalue weighted by Crippen LogP contribution is 2.68. The SMILES string of the molecule is C[C@H]1[C@H]2CC[C@H]3[C@@H]4CC=C5C[C@@H](N(C)C(=O)OC6CCCC6)CC[C@]5(C)[C@H]4CCC23CN1C. The normalized spacial score (nSPS) is 47.3. The van der Waals surface area contributed by atoms with Gasteiger partial charge in [0, 0.05) is 25.7 Å². The van der Waals surface area contributed by atoms with E-state index in [2.05, 4.69) is 31.9 Å². The number of amides is 1. The molecule has 184 valence electrons. The van der Waals surface area contributed by atoms with Crippen LogP contribution >= 0.6 is 0 Å². The second-order valence-corrected chi connectivity index (χ2v) is 13.2. The number of nitrogens with zero attached hydrogens (tertiary/aromatic N) is 2. The van der Waals surface area contributed by atoms with Crippen LogP contribution in [0.15, 0.2) is 11.6 Å². The van der Waals surface area contributed by atoms with E-state index < -0.39 is 0 Å². The van der Waals surface area contributed by atoms with Crippen molar-refractivity contribution in [1.82, 2.24) is 9.80 Å². The molecular weight excluding hydrogens is 408 g/mol. The zero-order valence-electron chi connectivity index (χ0n) is 21.5. The summed E-state index contributed by atoms with van der Waals surface area (Å²) in [5.41, 5.74) is 2.63. The molecule has 0 radical (unpaired) electrons. The third-order valence-corrected chi connectivity index (χ3v) is 12.1. The van der Waals surface area contributed by atoms with Gasteiger partial charge in [-0.3, -0.25) is 0 Å². The monoisotopic (exact) mass is 454 g/mol. The molecular formula is C29H46N2O2. The van der Waals surface area contributed by atoms with Gasteiger partial charge in [0.05, 0.1) is 0 Å². The standard InChI is InChI=1S/C29H46N2O2/c1-19-24-11-12-26-23-10-9-20-17-21(31(4)27(32)33-22-7-5-6-8-22)13-15-28(20,2)25(23)14-16-29(24,26)18-30(19)3/h9,19,21-26H,5-8,10-18H2,1-4H3/t19-,21-,23+,24+,25-,26-,28-,29?/m0/s1. The third kappa shape index (κ3) is 3.28. The molecule has 1 saturated heterocycles. The first-order chi connectivity index (χ1) is 15.8. The maximum atomic E-state index is 12.8. The van der Waals surface area contributed by atoms with Gasteiger partial charge in [0.1, 0.15) is 6.10 Å². The molecule has 1 unspecified atom stereocenters. The molecule has 6 aliphatic rings. The summed E-state index contributed by atoms with van der Waals surface area (Å²) in [6, 6.07) is 1.08. The number of carbonyl (C=O) groups excluding carboxylic acids is 1. The molecule has 1 spiro atoms. The van der Waals surface area contributed by atoms with Crippen LogP contribution in [0.25, 0.3) is 0 Å². The lowest BCUT2D eigenvalue weighted by molar-refractivity contribution is -0.0439. The van der Waals surface area contributed by atoms with Crippen molar-refractivity contribution >= 4 is 6.09 Å². The molecule has 0 aromatic carbocycles. The fourth-order valence-electron chi connectivity index (χ4n) is 10.2. The lowest BCUT2D eigenvalue weighted by Crippen LogP contribution is -2.53. The van der Waals surface area contributed by atoms with E-state index in [1.165, 1.54) is 57.9 Å². The molecule has 0 bridgehead atoms. The number of rotatable bonds is 2. The van der Waals surface area contributed by atoms with Gasteiger partial charge in [-0.2, -0.15) is 0 Å². The Morgan fingerprint density at radius 3 is 2.61 bits per heavy atom. The number of likely N-dealkylation sites (tertiary alicyclic amines) is 1. The van der Waals surface area contributed by atoms with Gasteiger partial charge in [-0.25, -0.2) is 4.79 Å². The number of carbonyl (C=O) groups is 1. The topological polar surface area (TPSA) is 32.8 Å². The average molecular weight is 455 g/mol. The van der Waals surface area contributed by atoms with Crippen LogP contribution in [0.3, 0.4) is 0 Å². The van der Waals surface area contributed by atoms with Crippen LogP contribution < -0.4 is 0 Å². The maximum absolute atomic E-state index is 12.8. The number of hydrogen-bond donors (Lipinski definition) is 0. The first kappa shape index (κ1) is 22.4. The summed E-state index contributed by atoms with van der Waals surface area (Å²) < 4.78 is 5.84. The highest BCUT2D eigenvalue weighted by atomic mass is 16.6. The number of fused-ring (bicyclic) bond motifs is 4. The second-order valence-electron chi connectivity index (χ2n) is 13.2. The van der Waals surface area contributed by atoms with E-state index in [9.17, 15) is 4.79 Å². The Kier molecular flexibility index (Phi) is 5.44. The minimum absolute atomic E-state index is 0.0825. The molecule has 4 nitrogen and oxygen atoms in total. The largest absolute Gasteiger partial charge is 0.446 e. The number of ether oxygens (including phenoxy) is 1. The fourth-order valence-corrected chi connectivity index (χ4v) is 10.2. The summed E-state index contributed by atoms with van der Waals surface area (Å²) in [4.78, 5) is 17.4. The van der Waals surface area contributed by atoms with E-state index in [0.29, 0.717) is 16.9 Å². The van der Waals surface area contributed by atoms with Crippen molar-refractivity contribution in [1.29, 1.82) is 0 Å². The zero-order valence-corrected chi connectivity index (χ0v) is 21.5. The van der Waals surface area contributed by atoms with E-state index in [1.54, 1.807) is 5.57 Å². The molecule has 5 fully saturated rings. The zero-order chi connectivity index (χ0) is 23.0. The van der Waals surface area contributed by atoms with Crippen molar-refractivity contribution in [3.05, 3.63) is 11.6 Å². The average Bonchev–Trinajstić information content (AvgIpc) is 3.49. The first-order valence-electron chi connectivity index (χ1n) is 14.2. The molecule has 1 aliphatic heterocycles. The predicted octanol–water partition coefficient (Wildman–Crippen LogP) is 6.26. The minimum Gasteiger partial charge on any atom is -0.446 e. The Morgan fingerprint density at radius 2 is 1.82 bits per heavy atom. The molecule has 5 aliphatic carbocycles. The molecule has 4 saturated carbocycles. The van der Waals surface area contributed by atoms with Crippen molar-refractivity contribution in [3.8, 4) is 0 Å². The molecule has 1 amide bonds. The minimum atomic E-state index is -0.0825. The Morgan fingerprint density at radius 1 is 1.06 bits per heavy atom. The van der Waals surface area contributed by atoms with Crippen LogP contribution in [0.2, 0.25) is 0 Å². The molecule has 1 heterocycles. The maximum Gasteiger partial charge on any atom is 0.410 e. The Bertz CT molecular complexity index is 818. The lowest BCUT2D eigenvalue weighted by atomic mass is 9.47. The van der Waals surface area contributed by atoms with Crippen LogP contribution in [0.1, 0.15) is 90.9 Å². The van der Waals surface area contributed by atoms with Crippen molar-refractivity contribution < 1.29 is 9.53 Å². The van der Waals surface area contributed by atoms with Gasteiger partial charge in [0.2, 0.25) is 0 Å². The summed E-state index contributed by atoms with van der Waals surface area (Å²) in [7, 11) is 4.36. The third-order valence-electron chi connectivity index (χ3n) is 12.1. The Labute approximate surface area is 201 Å². The van der Waals surface area contributed by atoms with Gasteiger partial charge < -0.3 is 14.5 Å². The molecule has 4 heteroatoms. The number of hydrogen-bond acceptors (Lipinski definition) is 3. The van der Waals surface area contributed by atoms with E-state index >= 15 is 0 Å². The molecule has 8 atom stereocenters. The van der Waals surface area contributed by atoms with Crippen LogP contribution in [0.4, 0.5) is 4.79 Å². The Hall–Kier alpha value is -1.03. The summed E-state index contributed by atoms with van der Waals surface area (Å²) in [6.45, 7) is 6.43. The van der Waals surface area contributed by atoms with Crippen molar-refractivity contribution in [2.45, 2.75) is 109 Å². The second kappa shape index (κ2) is 8.00. The van der Waals surface area contributed by atoms with Gasteiger partial charge in [0.15, 0.2) is 0 Å². The van der Waals surface area contributed by atoms with E-state index in [0.717, 1.165) is 55.4 Å². The van der Waals surface area contributed by atoms with Crippen LogP contribution in [-0.2, 0) is 4.74 Å². The summed E-state index contributed by atoms with van der Waals surface area (Å²) in [6.07, 6.45) is 17.8. The van der Waals surface area contributed by atoms with Gasteiger partial charge in [-0.15, -0.1) is 0 Å². The molecule has 0 N–H and O–H groups in total. The van der Waals surface area contributed by atoms with E-state index in [1.807, 2.05) is 11.9 Å². The molecule has 0 aromatic heterocycles. The van der Waals surface area contributed by atoms with Crippen LogP contribution in [0, 0.1) is 34.5 Å². The summed E-state index contributed by atoms with van der Waals surface area (Å²) in [5, 5.41) is 0. The number of allylic oxidation sites excluding steroid dienone is 1. The van der Waals surface area contributed by atoms with Gasteiger partial charge in [-0.05, 0) is 126 Å². The molecule has 0 aromatic rings. The summed E-state index contributed by atoms with van der Waals surface area (Å²) in [5.74, 6) is 3.61. The quantitative estimate of drug-likeness (QED) is 0.462. The molecule has 33 heavy (non-hydrogen) atoms. The van der Waals surface area contributed by atoms with Crippen LogP contribution in [-0.4, -0.2) is 54.7 Å². The van der Waals surface area contributed by atoms with E-state index in [4.69, 9.17) is 4.74 Å². The first-order valence-corrected chi connectivity index (χ1v) is 14.2. The van der Waals surface area contributed by atoms with Gasteiger partial charge in [-0.1, -0.05) is 18.6 Å². The van der Waals surface area contributed by atoms with E-state index in [-0.39, 0.29) is 12.2 Å². The van der Waals surface area contributed by atoms with Crippen molar-refractivity contribution in [3.63, 3.8) is 0 Å². The highest BCUT2D eigenvalue weighted by Gasteiger charge is 2.64. The van der Waals surface area contributed by atoms with Crippen molar-refractivity contribution in [2.24, 2.45) is 34.5 Å².